The van der Waals surface area contributed by atoms with Gasteiger partial charge in [0.1, 0.15) is 0 Å². The fourth-order valence-corrected chi connectivity index (χ4v) is 1.43. The molecule has 0 atom stereocenters. The van der Waals surface area contributed by atoms with Gasteiger partial charge >= 0.3 is 0 Å². The van der Waals surface area contributed by atoms with Gasteiger partial charge in [-0.1, -0.05) is 30.0 Å². The number of nitrogens with one attached hydrogen (secondary N) is 1. The standard InChI is InChI=1S/C15H15N3/c1-13-10-18-15(12-17-13)11-16-9-5-8-14-6-3-2-4-7-14/h2-4,6-7,10,12,16H,9,11H2,1H3. The van der Waals surface area contributed by atoms with Crippen molar-refractivity contribution >= 4 is 0 Å². The molecule has 0 aliphatic heterocycles. The lowest BCUT2D eigenvalue weighted by molar-refractivity contribution is 0.742. The van der Waals surface area contributed by atoms with Gasteiger partial charge in [-0.25, -0.2) is 0 Å². The van der Waals surface area contributed by atoms with Crippen LogP contribution in [0.1, 0.15) is 17.0 Å². The van der Waals surface area contributed by atoms with E-state index < -0.39 is 0 Å². The number of benzene rings is 1. The van der Waals surface area contributed by atoms with Crippen molar-refractivity contribution in [3.8, 4) is 11.8 Å². The summed E-state index contributed by atoms with van der Waals surface area (Å²) in [7, 11) is 0. The van der Waals surface area contributed by atoms with E-state index in [0.717, 1.165) is 17.0 Å². The fraction of sp³-hybridized carbons (Fsp3) is 0.200. The molecule has 3 heteroatoms. The first-order valence-corrected chi connectivity index (χ1v) is 5.87. The number of aromatic nitrogens is 2. The van der Waals surface area contributed by atoms with Crippen LogP contribution in [0.4, 0.5) is 0 Å². The summed E-state index contributed by atoms with van der Waals surface area (Å²) in [6.45, 7) is 3.26. The monoisotopic (exact) mass is 237 g/mol. The molecule has 0 bridgehead atoms. The van der Waals surface area contributed by atoms with Crippen molar-refractivity contribution in [2.24, 2.45) is 0 Å². The van der Waals surface area contributed by atoms with Crippen LogP contribution in [0, 0.1) is 18.8 Å². The fourth-order valence-electron chi connectivity index (χ4n) is 1.43. The number of rotatable bonds is 3. The zero-order valence-corrected chi connectivity index (χ0v) is 10.4. The average Bonchev–Trinajstić information content (AvgIpc) is 2.42. The maximum Gasteiger partial charge on any atom is 0.0725 e. The summed E-state index contributed by atoms with van der Waals surface area (Å²) in [5.41, 5.74) is 2.90. The Hall–Kier alpha value is -2.18. The molecule has 1 aromatic heterocycles. The number of aryl methyl sites for hydroxylation is 1. The lowest BCUT2D eigenvalue weighted by Gasteiger charge is -1.99. The molecule has 0 saturated carbocycles. The number of nitrogens with zero attached hydrogens (tertiary/aromatic N) is 2. The van der Waals surface area contributed by atoms with Crippen LogP contribution in [0.25, 0.3) is 0 Å². The summed E-state index contributed by atoms with van der Waals surface area (Å²) in [5.74, 6) is 6.17. The normalized spacial score (nSPS) is 9.61. The van der Waals surface area contributed by atoms with Crippen LogP contribution in [-0.4, -0.2) is 16.5 Å². The third kappa shape index (κ3) is 4.00. The predicted molar refractivity (Wildman–Crippen MR) is 71.8 cm³/mol. The Balaban J connectivity index is 1.77. The lowest BCUT2D eigenvalue weighted by atomic mass is 10.2. The van der Waals surface area contributed by atoms with Crippen molar-refractivity contribution in [3.05, 3.63) is 59.7 Å². The predicted octanol–water partition coefficient (Wildman–Crippen LogP) is 1.93. The molecule has 0 fully saturated rings. The van der Waals surface area contributed by atoms with Gasteiger partial charge in [-0.3, -0.25) is 9.97 Å². The van der Waals surface area contributed by atoms with Gasteiger partial charge in [-0.15, -0.1) is 0 Å². The number of hydrogen-bond donors (Lipinski definition) is 1. The molecule has 0 aliphatic carbocycles. The molecule has 0 aliphatic rings. The summed E-state index contributed by atoms with van der Waals surface area (Å²) >= 11 is 0. The summed E-state index contributed by atoms with van der Waals surface area (Å²) in [6.07, 6.45) is 3.56. The molecule has 18 heavy (non-hydrogen) atoms. The van der Waals surface area contributed by atoms with E-state index in [-0.39, 0.29) is 0 Å². The second kappa shape index (κ2) is 6.53. The first-order valence-electron chi connectivity index (χ1n) is 5.87. The van der Waals surface area contributed by atoms with Crippen molar-refractivity contribution in [2.45, 2.75) is 13.5 Å². The van der Waals surface area contributed by atoms with E-state index >= 15 is 0 Å². The summed E-state index contributed by atoms with van der Waals surface area (Å²) in [4.78, 5) is 8.45. The van der Waals surface area contributed by atoms with E-state index in [1.54, 1.807) is 12.4 Å². The van der Waals surface area contributed by atoms with Crippen LogP contribution in [0.2, 0.25) is 0 Å². The van der Waals surface area contributed by atoms with Crippen molar-refractivity contribution in [1.82, 2.24) is 15.3 Å². The molecule has 3 nitrogen and oxygen atoms in total. The topological polar surface area (TPSA) is 37.8 Å². The van der Waals surface area contributed by atoms with Crippen LogP contribution in [-0.2, 0) is 6.54 Å². The second-order valence-electron chi connectivity index (χ2n) is 3.92. The molecule has 0 spiro atoms. The third-order valence-electron chi connectivity index (χ3n) is 2.36. The van der Waals surface area contributed by atoms with Gasteiger partial charge < -0.3 is 5.32 Å². The van der Waals surface area contributed by atoms with Crippen molar-refractivity contribution in [1.29, 1.82) is 0 Å². The van der Waals surface area contributed by atoms with E-state index in [0.29, 0.717) is 13.1 Å². The number of hydrogen-bond acceptors (Lipinski definition) is 3. The first kappa shape index (κ1) is 12.3. The van der Waals surface area contributed by atoms with Gasteiger partial charge in [0.15, 0.2) is 0 Å². The molecular weight excluding hydrogens is 222 g/mol. The molecule has 1 aromatic carbocycles. The minimum atomic E-state index is 0.643. The second-order valence-corrected chi connectivity index (χ2v) is 3.92. The summed E-state index contributed by atoms with van der Waals surface area (Å²) < 4.78 is 0. The van der Waals surface area contributed by atoms with Crippen molar-refractivity contribution < 1.29 is 0 Å². The third-order valence-corrected chi connectivity index (χ3v) is 2.36. The molecule has 0 unspecified atom stereocenters. The highest BCUT2D eigenvalue weighted by Crippen LogP contribution is 1.95. The van der Waals surface area contributed by atoms with Gasteiger partial charge in [0.05, 0.1) is 17.9 Å². The van der Waals surface area contributed by atoms with E-state index in [4.69, 9.17) is 0 Å². The Morgan fingerprint density at radius 2 is 1.94 bits per heavy atom. The van der Waals surface area contributed by atoms with E-state index in [9.17, 15) is 0 Å². The molecule has 2 aromatic rings. The van der Waals surface area contributed by atoms with Crippen LogP contribution in [0.3, 0.4) is 0 Å². The van der Waals surface area contributed by atoms with E-state index in [1.165, 1.54) is 0 Å². The van der Waals surface area contributed by atoms with Crippen LogP contribution in [0.5, 0.6) is 0 Å². The Morgan fingerprint density at radius 1 is 1.11 bits per heavy atom. The summed E-state index contributed by atoms with van der Waals surface area (Å²) in [6, 6.07) is 9.95. The van der Waals surface area contributed by atoms with Gasteiger partial charge in [0.25, 0.3) is 0 Å². The minimum absolute atomic E-state index is 0.643. The molecule has 0 saturated heterocycles. The molecule has 90 valence electrons. The van der Waals surface area contributed by atoms with Crippen LogP contribution in [0.15, 0.2) is 42.7 Å². The highest BCUT2D eigenvalue weighted by molar-refractivity contribution is 5.33. The Labute approximate surface area is 107 Å². The van der Waals surface area contributed by atoms with Crippen LogP contribution < -0.4 is 5.32 Å². The Kier molecular flexibility index (Phi) is 4.46. The molecule has 2 rings (SSSR count). The maximum atomic E-state index is 4.26. The SMILES string of the molecule is Cc1cnc(CNCC#Cc2ccccc2)cn1. The largest absolute Gasteiger partial charge is 0.300 e. The Morgan fingerprint density at radius 3 is 2.67 bits per heavy atom. The van der Waals surface area contributed by atoms with Gasteiger partial charge in [0.2, 0.25) is 0 Å². The molecule has 0 amide bonds. The van der Waals surface area contributed by atoms with Gasteiger partial charge in [-0.05, 0) is 19.1 Å². The molecule has 1 heterocycles. The highest BCUT2D eigenvalue weighted by atomic mass is 14.9. The zero-order valence-electron chi connectivity index (χ0n) is 10.4. The summed E-state index contributed by atoms with van der Waals surface area (Å²) in [5, 5.41) is 3.22. The quantitative estimate of drug-likeness (QED) is 0.654. The minimum Gasteiger partial charge on any atom is -0.300 e. The average molecular weight is 237 g/mol. The first-order chi connectivity index (χ1) is 8.84. The van der Waals surface area contributed by atoms with Gasteiger partial charge in [0, 0.05) is 24.5 Å². The molecular formula is C15H15N3. The van der Waals surface area contributed by atoms with E-state index in [1.807, 2.05) is 37.3 Å². The molecule has 1 N–H and O–H groups in total. The molecule has 0 radical (unpaired) electrons. The van der Waals surface area contributed by atoms with Crippen molar-refractivity contribution in [3.63, 3.8) is 0 Å². The van der Waals surface area contributed by atoms with Gasteiger partial charge in [-0.2, -0.15) is 0 Å². The van der Waals surface area contributed by atoms with Crippen LogP contribution >= 0.6 is 0 Å². The smallest absolute Gasteiger partial charge is 0.0725 e. The Bertz CT molecular complexity index is 535. The highest BCUT2D eigenvalue weighted by Gasteiger charge is 1.92. The zero-order chi connectivity index (χ0) is 12.6. The lowest BCUT2D eigenvalue weighted by Crippen LogP contribution is -2.14. The van der Waals surface area contributed by atoms with Crippen molar-refractivity contribution in [2.75, 3.05) is 6.54 Å². The maximum absolute atomic E-state index is 4.26. The van der Waals surface area contributed by atoms with E-state index in [2.05, 4.69) is 27.1 Å².